The van der Waals surface area contributed by atoms with Gasteiger partial charge < -0.3 is 9.84 Å². The topological polar surface area (TPSA) is 59.4 Å². The first-order valence-electron chi connectivity index (χ1n) is 9.20. The van der Waals surface area contributed by atoms with Gasteiger partial charge in [-0.2, -0.15) is 0 Å². The zero-order valence-electron chi connectivity index (χ0n) is 15.9. The monoisotopic (exact) mass is 381 g/mol. The molecule has 0 saturated heterocycles. The predicted molar refractivity (Wildman–Crippen MR) is 115 cm³/mol. The Labute approximate surface area is 168 Å². The van der Waals surface area contributed by atoms with Crippen LogP contribution in [0.25, 0.3) is 28.1 Å². The van der Waals surface area contributed by atoms with Crippen molar-refractivity contribution in [2.75, 3.05) is 7.11 Å². The third-order valence-electron chi connectivity index (χ3n) is 4.73. The van der Waals surface area contributed by atoms with Crippen LogP contribution in [0.5, 0.6) is 11.5 Å². The highest BCUT2D eigenvalue weighted by atomic mass is 16.5. The van der Waals surface area contributed by atoms with Gasteiger partial charge in [0.05, 0.1) is 12.6 Å². The minimum Gasteiger partial charge on any atom is -0.504 e. The average molecular weight is 381 g/mol. The van der Waals surface area contributed by atoms with E-state index in [1.807, 2.05) is 54.6 Å². The fourth-order valence-corrected chi connectivity index (χ4v) is 3.30. The molecule has 1 N–H and O–H groups in total. The van der Waals surface area contributed by atoms with E-state index < -0.39 is 0 Å². The molecule has 0 amide bonds. The molecular weight excluding hydrogens is 362 g/mol. The standard InChI is InChI=1S/C25H19NO3/c1-29-24-15-17(12-14-23(24)28)11-13-22(27)20-16-26-21-10-6-5-9-19(21)25(20)18-7-3-2-4-8-18/h2-16,28H,1H3. The summed E-state index contributed by atoms with van der Waals surface area (Å²) in [7, 11) is 1.49. The molecule has 0 saturated carbocycles. The Hall–Kier alpha value is -3.92. The first kappa shape index (κ1) is 18.4. The number of allylic oxidation sites excluding steroid dienone is 1. The van der Waals surface area contributed by atoms with E-state index in [-0.39, 0.29) is 11.5 Å². The van der Waals surface area contributed by atoms with Gasteiger partial charge >= 0.3 is 0 Å². The molecule has 0 aliphatic carbocycles. The van der Waals surface area contributed by atoms with E-state index in [9.17, 15) is 9.90 Å². The van der Waals surface area contributed by atoms with Crippen molar-refractivity contribution in [1.82, 2.24) is 4.98 Å². The number of aromatic nitrogens is 1. The number of ether oxygens (including phenoxy) is 1. The van der Waals surface area contributed by atoms with E-state index >= 15 is 0 Å². The molecule has 0 atom stereocenters. The van der Waals surface area contributed by atoms with Crippen LogP contribution < -0.4 is 4.74 Å². The van der Waals surface area contributed by atoms with E-state index in [2.05, 4.69) is 4.98 Å². The Bertz CT molecular complexity index is 1210. The first-order valence-corrected chi connectivity index (χ1v) is 9.20. The second-order valence-corrected chi connectivity index (χ2v) is 6.56. The van der Waals surface area contributed by atoms with Gasteiger partial charge in [0.1, 0.15) is 0 Å². The number of para-hydroxylation sites is 1. The molecule has 0 bridgehead atoms. The molecule has 0 unspecified atom stereocenters. The van der Waals surface area contributed by atoms with Gasteiger partial charge in [0.25, 0.3) is 0 Å². The maximum atomic E-state index is 13.1. The molecule has 0 fully saturated rings. The molecular formula is C25H19NO3. The summed E-state index contributed by atoms with van der Waals surface area (Å²) in [5.74, 6) is 0.271. The first-order chi connectivity index (χ1) is 14.2. The lowest BCUT2D eigenvalue weighted by atomic mass is 9.94. The number of pyridine rings is 1. The highest BCUT2D eigenvalue weighted by molar-refractivity contribution is 6.15. The van der Waals surface area contributed by atoms with Gasteiger partial charge in [0.15, 0.2) is 17.3 Å². The van der Waals surface area contributed by atoms with Gasteiger partial charge in [-0.3, -0.25) is 9.78 Å². The molecule has 1 heterocycles. The fourth-order valence-electron chi connectivity index (χ4n) is 3.30. The number of benzene rings is 3. The summed E-state index contributed by atoms with van der Waals surface area (Å²) in [6, 6.07) is 22.6. The number of rotatable bonds is 5. The zero-order chi connectivity index (χ0) is 20.2. The number of hydrogen-bond donors (Lipinski definition) is 1. The Kier molecular flexibility index (Phi) is 5.08. The number of carbonyl (C=O) groups excluding carboxylic acids is 1. The number of phenols is 1. The third kappa shape index (κ3) is 3.73. The van der Waals surface area contributed by atoms with Gasteiger partial charge in [0.2, 0.25) is 0 Å². The number of phenolic OH excluding ortho intramolecular Hbond substituents is 1. The van der Waals surface area contributed by atoms with Crippen molar-refractivity contribution in [3.63, 3.8) is 0 Å². The molecule has 0 aliphatic rings. The van der Waals surface area contributed by atoms with Crippen LogP contribution in [0.2, 0.25) is 0 Å². The quantitative estimate of drug-likeness (QED) is 0.366. The van der Waals surface area contributed by atoms with Crippen LogP contribution in [0.1, 0.15) is 15.9 Å². The number of carbonyl (C=O) groups is 1. The van der Waals surface area contributed by atoms with E-state index in [1.54, 1.807) is 24.4 Å². The lowest BCUT2D eigenvalue weighted by Gasteiger charge is -2.11. The van der Waals surface area contributed by atoms with Crippen molar-refractivity contribution in [1.29, 1.82) is 0 Å². The molecule has 4 rings (SSSR count). The highest BCUT2D eigenvalue weighted by Crippen LogP contribution is 2.32. The van der Waals surface area contributed by atoms with Crippen molar-refractivity contribution in [3.05, 3.63) is 96.2 Å². The van der Waals surface area contributed by atoms with Crippen LogP contribution in [0.4, 0.5) is 0 Å². The summed E-state index contributed by atoms with van der Waals surface area (Å²) in [5, 5.41) is 10.7. The summed E-state index contributed by atoms with van der Waals surface area (Å²) < 4.78 is 5.12. The van der Waals surface area contributed by atoms with Gasteiger partial charge in [-0.25, -0.2) is 0 Å². The maximum Gasteiger partial charge on any atom is 0.188 e. The Morgan fingerprint density at radius 2 is 1.76 bits per heavy atom. The van der Waals surface area contributed by atoms with Crippen molar-refractivity contribution in [3.8, 4) is 22.6 Å². The van der Waals surface area contributed by atoms with Crippen LogP contribution in [0, 0.1) is 0 Å². The van der Waals surface area contributed by atoms with Gasteiger partial charge in [-0.05, 0) is 35.4 Å². The van der Waals surface area contributed by atoms with Gasteiger partial charge in [-0.15, -0.1) is 0 Å². The summed E-state index contributed by atoms with van der Waals surface area (Å²) >= 11 is 0. The summed E-state index contributed by atoms with van der Waals surface area (Å²) in [6.07, 6.45) is 4.85. The Morgan fingerprint density at radius 3 is 2.55 bits per heavy atom. The second kappa shape index (κ2) is 7.98. The van der Waals surface area contributed by atoms with Crippen LogP contribution >= 0.6 is 0 Å². The Balaban J connectivity index is 1.78. The molecule has 0 aliphatic heterocycles. The molecule has 3 aromatic carbocycles. The molecule has 4 aromatic rings. The maximum absolute atomic E-state index is 13.1. The van der Waals surface area contributed by atoms with Crippen LogP contribution in [-0.4, -0.2) is 23.0 Å². The van der Waals surface area contributed by atoms with E-state index in [1.165, 1.54) is 19.3 Å². The van der Waals surface area contributed by atoms with E-state index in [0.717, 1.165) is 27.6 Å². The number of methoxy groups -OCH3 is 1. The van der Waals surface area contributed by atoms with Gasteiger partial charge in [-0.1, -0.05) is 60.7 Å². The van der Waals surface area contributed by atoms with Gasteiger partial charge in [0, 0.05) is 22.7 Å². The SMILES string of the molecule is COc1cc(C=CC(=O)c2cnc3ccccc3c2-c2ccccc2)ccc1O. The highest BCUT2D eigenvalue weighted by Gasteiger charge is 2.15. The molecule has 29 heavy (non-hydrogen) atoms. The smallest absolute Gasteiger partial charge is 0.188 e. The average Bonchev–Trinajstić information content (AvgIpc) is 2.78. The summed E-state index contributed by atoms with van der Waals surface area (Å²) in [6.45, 7) is 0. The summed E-state index contributed by atoms with van der Waals surface area (Å²) in [5.41, 5.74) is 3.97. The molecule has 1 aromatic heterocycles. The van der Waals surface area contributed by atoms with Crippen LogP contribution in [0.3, 0.4) is 0 Å². The van der Waals surface area contributed by atoms with Crippen LogP contribution in [0.15, 0.2) is 85.1 Å². The molecule has 4 heteroatoms. The molecule has 0 spiro atoms. The number of ketones is 1. The van der Waals surface area contributed by atoms with Crippen molar-refractivity contribution in [2.24, 2.45) is 0 Å². The minimum absolute atomic E-state index is 0.0565. The normalized spacial score (nSPS) is 11.1. The molecule has 142 valence electrons. The fraction of sp³-hybridized carbons (Fsp3) is 0.0400. The van der Waals surface area contributed by atoms with Crippen molar-refractivity contribution < 1.29 is 14.6 Å². The number of nitrogens with zero attached hydrogens (tertiary/aromatic N) is 1. The summed E-state index contributed by atoms with van der Waals surface area (Å²) in [4.78, 5) is 17.5. The third-order valence-corrected chi connectivity index (χ3v) is 4.73. The van der Waals surface area contributed by atoms with E-state index in [4.69, 9.17) is 4.74 Å². The Morgan fingerprint density at radius 1 is 1.00 bits per heavy atom. The largest absolute Gasteiger partial charge is 0.504 e. The molecule has 0 radical (unpaired) electrons. The number of fused-ring (bicyclic) bond motifs is 1. The zero-order valence-corrected chi connectivity index (χ0v) is 15.9. The van der Waals surface area contributed by atoms with Crippen molar-refractivity contribution >= 4 is 22.8 Å². The predicted octanol–water partition coefficient (Wildman–Crippen LogP) is 5.51. The lowest BCUT2D eigenvalue weighted by molar-refractivity contribution is 0.104. The minimum atomic E-state index is -0.144. The number of hydrogen-bond acceptors (Lipinski definition) is 4. The van der Waals surface area contributed by atoms with Crippen LogP contribution in [-0.2, 0) is 0 Å². The van der Waals surface area contributed by atoms with E-state index in [0.29, 0.717) is 11.3 Å². The lowest BCUT2D eigenvalue weighted by Crippen LogP contribution is -2.00. The number of aromatic hydroxyl groups is 1. The molecule has 4 nitrogen and oxygen atoms in total. The van der Waals surface area contributed by atoms with Crippen molar-refractivity contribution in [2.45, 2.75) is 0 Å². The second-order valence-electron chi connectivity index (χ2n) is 6.56.